The van der Waals surface area contributed by atoms with Crippen LogP contribution in [-0.4, -0.2) is 13.9 Å². The van der Waals surface area contributed by atoms with Crippen LogP contribution in [0.15, 0.2) is 71.7 Å². The van der Waals surface area contributed by atoms with Crippen molar-refractivity contribution in [2.24, 2.45) is 4.99 Å². The third-order valence-corrected chi connectivity index (χ3v) is 7.87. The minimum Gasteiger partial charge on any atom is -0.246 e. The minimum atomic E-state index is -1.25. The maximum atomic E-state index is 4.87. The molecule has 0 amide bonds. The smallest absolute Gasteiger partial charge is 0.0898 e. The summed E-state index contributed by atoms with van der Waals surface area (Å²) >= 11 is -1.25. The summed E-state index contributed by atoms with van der Waals surface area (Å²) in [7, 11) is 0. The normalized spacial score (nSPS) is 14.5. The summed E-state index contributed by atoms with van der Waals surface area (Å²) in [6.45, 7) is 0. The van der Waals surface area contributed by atoms with E-state index in [0.717, 1.165) is 27.7 Å². The largest absolute Gasteiger partial charge is 0.246 e. The molecule has 0 N–H and O–H groups in total. The van der Waals surface area contributed by atoms with Crippen molar-refractivity contribution in [3.05, 3.63) is 80.9 Å². The summed E-state index contributed by atoms with van der Waals surface area (Å²) in [5.74, 6) is 0. The van der Waals surface area contributed by atoms with E-state index in [9.17, 15) is 0 Å². The highest BCUT2D eigenvalue weighted by molar-refractivity contribution is 14.2. The lowest BCUT2D eigenvalue weighted by molar-refractivity contribution is 1.27. The van der Waals surface area contributed by atoms with Gasteiger partial charge in [0.15, 0.2) is 0 Å². The Hall–Kier alpha value is -2.01. The molecule has 2 aromatic carbocycles. The van der Waals surface area contributed by atoms with E-state index < -0.39 is 18.9 Å². The summed E-state index contributed by atoms with van der Waals surface area (Å²) in [4.78, 5) is 12.0. The Kier molecular flexibility index (Phi) is 3.50. The van der Waals surface area contributed by atoms with E-state index in [1.807, 2.05) is 18.2 Å². The molecule has 0 aliphatic carbocycles. The highest BCUT2D eigenvalue weighted by Crippen LogP contribution is 2.20. The molecule has 108 valence electrons. The van der Waals surface area contributed by atoms with Gasteiger partial charge in [0.25, 0.3) is 0 Å². The molecule has 1 aliphatic rings. The van der Waals surface area contributed by atoms with Gasteiger partial charge in [-0.1, -0.05) is 36.4 Å². The summed E-state index contributed by atoms with van der Waals surface area (Å²) in [6, 6.07) is 20.9. The molecule has 0 unspecified atom stereocenters. The maximum absolute atomic E-state index is 4.87. The number of nitrogens with zero attached hydrogens (tertiary/aromatic N) is 2. The van der Waals surface area contributed by atoms with E-state index in [1.54, 1.807) is 0 Å². The van der Waals surface area contributed by atoms with Crippen molar-refractivity contribution >= 4 is 39.5 Å². The Morgan fingerprint density at radius 1 is 0.864 bits per heavy atom. The highest BCUT2D eigenvalue weighted by Gasteiger charge is 2.04. The number of fused-ring (bicyclic) bond motifs is 2. The molecular weight excluding hydrogens is 383 g/mol. The second-order valence-corrected chi connectivity index (χ2v) is 9.98. The second kappa shape index (κ2) is 5.65. The Balaban J connectivity index is 1.95. The number of benzene rings is 2. The fourth-order valence-corrected chi connectivity index (χ4v) is 5.75. The topological polar surface area (TPSA) is 25.2 Å². The summed E-state index contributed by atoms with van der Waals surface area (Å²) in [5.41, 5.74) is 2.91. The molecule has 0 spiro atoms. The van der Waals surface area contributed by atoms with Gasteiger partial charge in [-0.15, -0.1) is 18.9 Å². The SMILES string of the molecule is CI1=CC=C(c2ccc3ccccc3n2)N=c2ccccc2=1. The molecule has 2 heterocycles. The first-order chi connectivity index (χ1) is 10.8. The van der Waals surface area contributed by atoms with E-state index >= 15 is 0 Å². The number of pyridine rings is 1. The van der Waals surface area contributed by atoms with E-state index in [1.165, 1.54) is 3.15 Å². The standard InChI is InChI=1S/C19H15IN2/c1-20-13-12-19(22-17-9-5-3-7-15(17)20)18-11-10-14-6-2-4-8-16(14)21-18/h2-13H,1H3. The van der Waals surface area contributed by atoms with E-state index in [-0.39, 0.29) is 0 Å². The van der Waals surface area contributed by atoms with Crippen molar-refractivity contribution < 1.29 is 0 Å². The lowest BCUT2D eigenvalue weighted by atomic mass is 10.2. The number of para-hydroxylation sites is 2. The first-order valence-corrected chi connectivity index (χ1v) is 11.6. The third-order valence-electron chi connectivity index (χ3n) is 3.69. The van der Waals surface area contributed by atoms with Gasteiger partial charge in [-0.2, -0.15) is 0 Å². The van der Waals surface area contributed by atoms with Gasteiger partial charge in [0, 0.05) is 8.54 Å². The molecule has 0 fully saturated rings. The maximum Gasteiger partial charge on any atom is 0.0898 e. The van der Waals surface area contributed by atoms with Crippen molar-refractivity contribution in [3.63, 3.8) is 0 Å². The van der Waals surface area contributed by atoms with Gasteiger partial charge < -0.3 is 0 Å². The first kappa shape index (κ1) is 13.6. The van der Waals surface area contributed by atoms with E-state index in [4.69, 9.17) is 9.98 Å². The minimum absolute atomic E-state index is 0.941. The van der Waals surface area contributed by atoms with Crippen LogP contribution >= 0.6 is 18.9 Å². The van der Waals surface area contributed by atoms with Crippen LogP contribution in [0.25, 0.3) is 16.6 Å². The number of rotatable bonds is 1. The van der Waals surface area contributed by atoms with Gasteiger partial charge in [0.05, 0.1) is 22.3 Å². The summed E-state index contributed by atoms with van der Waals surface area (Å²) in [6.07, 6.45) is 2.15. The molecule has 4 rings (SSSR count). The van der Waals surface area contributed by atoms with Crippen LogP contribution in [0, 0.1) is 3.15 Å². The fraction of sp³-hybridized carbons (Fsp3) is 0.0526. The Bertz CT molecular complexity index is 1090. The quantitative estimate of drug-likeness (QED) is 0.448. The molecule has 3 heteroatoms. The van der Waals surface area contributed by atoms with Crippen molar-refractivity contribution in [1.29, 1.82) is 0 Å². The number of hydrogen-bond acceptors (Lipinski definition) is 2. The number of aromatic nitrogens is 1. The lowest BCUT2D eigenvalue weighted by Gasteiger charge is -2.03. The van der Waals surface area contributed by atoms with Crippen LogP contribution in [-0.2, 0) is 0 Å². The van der Waals surface area contributed by atoms with E-state index in [0.29, 0.717) is 0 Å². The van der Waals surface area contributed by atoms with Gasteiger partial charge in [-0.25, -0.2) is 9.98 Å². The number of hydrogen-bond donors (Lipinski definition) is 0. The molecule has 0 atom stereocenters. The number of allylic oxidation sites excluding steroid dienone is 1. The molecule has 3 aromatic rings. The van der Waals surface area contributed by atoms with Gasteiger partial charge in [0.1, 0.15) is 0 Å². The van der Waals surface area contributed by atoms with Crippen LogP contribution < -0.4 is 5.36 Å². The number of alkyl halides is 1. The Morgan fingerprint density at radius 2 is 1.68 bits per heavy atom. The summed E-state index contributed by atoms with van der Waals surface area (Å²) < 4.78 is 3.77. The van der Waals surface area contributed by atoms with Crippen LogP contribution in [0.2, 0.25) is 0 Å². The van der Waals surface area contributed by atoms with Crippen molar-refractivity contribution in [2.45, 2.75) is 0 Å². The molecule has 1 aromatic heterocycles. The van der Waals surface area contributed by atoms with Gasteiger partial charge >= 0.3 is 0 Å². The monoisotopic (exact) mass is 398 g/mol. The van der Waals surface area contributed by atoms with Crippen molar-refractivity contribution in [1.82, 2.24) is 4.98 Å². The fourth-order valence-electron chi connectivity index (χ4n) is 2.53. The summed E-state index contributed by atoms with van der Waals surface area (Å²) in [5, 5.41) is 2.26. The van der Waals surface area contributed by atoms with Crippen molar-refractivity contribution in [2.75, 3.05) is 4.93 Å². The van der Waals surface area contributed by atoms with Gasteiger partial charge in [0.2, 0.25) is 0 Å². The first-order valence-electron chi connectivity index (χ1n) is 7.12. The zero-order valence-corrected chi connectivity index (χ0v) is 14.4. The molecule has 0 saturated heterocycles. The third kappa shape index (κ3) is 2.46. The van der Waals surface area contributed by atoms with Crippen LogP contribution in [0.3, 0.4) is 0 Å². The zero-order chi connectivity index (χ0) is 14.9. The average Bonchev–Trinajstić information content (AvgIpc) is 2.74. The Morgan fingerprint density at radius 3 is 2.64 bits per heavy atom. The molecule has 22 heavy (non-hydrogen) atoms. The molecule has 2 nitrogen and oxygen atoms in total. The van der Waals surface area contributed by atoms with Crippen LogP contribution in [0.4, 0.5) is 0 Å². The molecule has 0 bridgehead atoms. The molecule has 0 radical (unpaired) electrons. The molecule has 1 aliphatic heterocycles. The molecular formula is C19H15IN2. The molecule has 0 saturated carbocycles. The van der Waals surface area contributed by atoms with Gasteiger partial charge in [-0.05, 0) is 39.3 Å². The Labute approximate surface area is 135 Å². The van der Waals surface area contributed by atoms with Crippen LogP contribution in [0.1, 0.15) is 5.69 Å². The highest BCUT2D eigenvalue weighted by atomic mass is 127. The average molecular weight is 398 g/mol. The second-order valence-electron chi connectivity index (χ2n) is 5.15. The predicted octanol–water partition coefficient (Wildman–Crippen LogP) is 4.10. The number of halogens is 1. The van der Waals surface area contributed by atoms with E-state index in [2.05, 4.69) is 57.5 Å². The lowest BCUT2D eigenvalue weighted by Crippen LogP contribution is -2.02. The van der Waals surface area contributed by atoms with Crippen molar-refractivity contribution in [3.8, 4) is 0 Å². The van der Waals surface area contributed by atoms with Crippen LogP contribution in [0.5, 0.6) is 0 Å². The predicted molar refractivity (Wildman–Crippen MR) is 102 cm³/mol. The zero-order valence-electron chi connectivity index (χ0n) is 12.2. The van der Waals surface area contributed by atoms with Gasteiger partial charge in [-0.3, -0.25) is 0 Å².